The van der Waals surface area contributed by atoms with E-state index in [4.69, 9.17) is 4.74 Å². The Labute approximate surface area is 137 Å². The summed E-state index contributed by atoms with van der Waals surface area (Å²) in [6, 6.07) is 8.84. The molecule has 3 rings (SSSR count). The molecule has 1 aliphatic rings. The molecule has 1 atom stereocenters. The van der Waals surface area contributed by atoms with Gasteiger partial charge in [-0.05, 0) is 12.1 Å². The standard InChI is InChI=1S/C16H16N2O4S/c1-21-15(19)10-8-14(23-9-10)18-16(20)17-12-6-7-22-13-5-3-2-4-11(12)13/h2-5,8-9,12H,6-7H2,1H3,(H2,17,18,20)/t12-/m1/s1. The minimum absolute atomic E-state index is 0.0972. The van der Waals surface area contributed by atoms with Gasteiger partial charge in [-0.1, -0.05) is 18.2 Å². The fourth-order valence-electron chi connectivity index (χ4n) is 2.42. The number of methoxy groups -OCH3 is 1. The van der Waals surface area contributed by atoms with Crippen LogP contribution in [-0.4, -0.2) is 25.7 Å². The normalized spacial score (nSPS) is 16.0. The third-order valence-electron chi connectivity index (χ3n) is 3.52. The molecule has 0 spiro atoms. The molecule has 0 saturated carbocycles. The van der Waals surface area contributed by atoms with Crippen molar-refractivity contribution in [2.75, 3.05) is 19.0 Å². The summed E-state index contributed by atoms with van der Waals surface area (Å²) in [4.78, 5) is 23.6. The van der Waals surface area contributed by atoms with Crippen molar-refractivity contribution in [2.24, 2.45) is 0 Å². The van der Waals surface area contributed by atoms with E-state index < -0.39 is 5.97 Å². The van der Waals surface area contributed by atoms with Crippen LogP contribution in [0.2, 0.25) is 0 Å². The lowest BCUT2D eigenvalue weighted by atomic mass is 10.0. The number of hydrogen-bond donors (Lipinski definition) is 2. The summed E-state index contributed by atoms with van der Waals surface area (Å²) in [7, 11) is 1.32. The smallest absolute Gasteiger partial charge is 0.338 e. The van der Waals surface area contributed by atoms with Crippen molar-refractivity contribution in [3.63, 3.8) is 0 Å². The van der Waals surface area contributed by atoms with Gasteiger partial charge in [0.05, 0.1) is 30.3 Å². The van der Waals surface area contributed by atoms with Crippen molar-refractivity contribution in [1.82, 2.24) is 5.32 Å². The molecule has 0 radical (unpaired) electrons. The Balaban J connectivity index is 1.64. The highest BCUT2D eigenvalue weighted by Crippen LogP contribution is 2.31. The van der Waals surface area contributed by atoms with Gasteiger partial charge in [-0.25, -0.2) is 9.59 Å². The Kier molecular flexibility index (Phi) is 4.47. The first-order chi connectivity index (χ1) is 11.2. The molecule has 1 aromatic carbocycles. The van der Waals surface area contributed by atoms with Crippen LogP contribution in [0, 0.1) is 0 Å². The molecule has 2 N–H and O–H groups in total. The second-order valence-electron chi connectivity index (χ2n) is 5.02. The van der Waals surface area contributed by atoms with Crippen LogP contribution >= 0.6 is 11.3 Å². The second-order valence-corrected chi connectivity index (χ2v) is 5.93. The number of amides is 2. The molecule has 1 aliphatic heterocycles. The van der Waals surface area contributed by atoms with Gasteiger partial charge >= 0.3 is 12.0 Å². The molecule has 0 fully saturated rings. The summed E-state index contributed by atoms with van der Waals surface area (Å²) in [5.41, 5.74) is 1.39. The van der Waals surface area contributed by atoms with Crippen molar-refractivity contribution >= 4 is 28.3 Å². The predicted octanol–water partition coefficient (Wildman–Crippen LogP) is 3.18. The maximum Gasteiger partial charge on any atom is 0.338 e. The molecule has 0 aliphatic carbocycles. The number of anilines is 1. The van der Waals surface area contributed by atoms with Gasteiger partial charge in [-0.15, -0.1) is 11.3 Å². The maximum atomic E-state index is 12.2. The van der Waals surface area contributed by atoms with E-state index in [2.05, 4.69) is 15.4 Å². The van der Waals surface area contributed by atoms with E-state index in [1.807, 2.05) is 24.3 Å². The Hall–Kier alpha value is -2.54. The molecular weight excluding hydrogens is 316 g/mol. The Morgan fingerprint density at radius 1 is 1.35 bits per heavy atom. The van der Waals surface area contributed by atoms with Crippen molar-refractivity contribution in [2.45, 2.75) is 12.5 Å². The number of esters is 1. The number of hydrogen-bond acceptors (Lipinski definition) is 5. The van der Waals surface area contributed by atoms with Gasteiger partial charge in [0, 0.05) is 17.4 Å². The predicted molar refractivity (Wildman–Crippen MR) is 87.1 cm³/mol. The summed E-state index contributed by atoms with van der Waals surface area (Å²) in [6.07, 6.45) is 0.711. The van der Waals surface area contributed by atoms with Crippen molar-refractivity contribution in [3.8, 4) is 5.75 Å². The first-order valence-electron chi connectivity index (χ1n) is 7.13. The number of nitrogens with one attached hydrogen (secondary N) is 2. The van der Waals surface area contributed by atoms with Gasteiger partial charge in [0.2, 0.25) is 0 Å². The van der Waals surface area contributed by atoms with Crippen molar-refractivity contribution < 1.29 is 19.1 Å². The van der Waals surface area contributed by atoms with Crippen LogP contribution in [-0.2, 0) is 4.74 Å². The molecule has 6 nitrogen and oxygen atoms in total. The van der Waals surface area contributed by atoms with Crippen LogP contribution < -0.4 is 15.4 Å². The Bertz CT molecular complexity index is 728. The van der Waals surface area contributed by atoms with Gasteiger partial charge in [0.15, 0.2) is 0 Å². The zero-order valence-corrected chi connectivity index (χ0v) is 13.3. The van der Waals surface area contributed by atoms with Crippen LogP contribution in [0.1, 0.15) is 28.4 Å². The molecule has 2 amide bonds. The first-order valence-corrected chi connectivity index (χ1v) is 8.01. The summed E-state index contributed by atoms with van der Waals surface area (Å²) >= 11 is 1.27. The van der Waals surface area contributed by atoms with Crippen molar-refractivity contribution in [3.05, 3.63) is 46.8 Å². The van der Waals surface area contributed by atoms with Gasteiger partial charge in [0.25, 0.3) is 0 Å². The van der Waals surface area contributed by atoms with E-state index in [1.165, 1.54) is 18.4 Å². The molecule has 23 heavy (non-hydrogen) atoms. The lowest BCUT2D eigenvalue weighted by Gasteiger charge is -2.26. The van der Waals surface area contributed by atoms with Gasteiger partial charge in [-0.3, -0.25) is 5.32 Å². The largest absolute Gasteiger partial charge is 0.493 e. The van der Waals surface area contributed by atoms with Gasteiger partial charge in [0.1, 0.15) is 5.75 Å². The van der Waals surface area contributed by atoms with Crippen LogP contribution in [0.5, 0.6) is 5.75 Å². The van der Waals surface area contributed by atoms with E-state index in [0.29, 0.717) is 23.6 Å². The number of benzene rings is 1. The van der Waals surface area contributed by atoms with Crippen LogP contribution in [0.15, 0.2) is 35.7 Å². The number of para-hydroxylation sites is 1. The number of urea groups is 1. The molecule has 0 bridgehead atoms. The topological polar surface area (TPSA) is 76.7 Å². The molecule has 0 unspecified atom stereocenters. The van der Waals surface area contributed by atoms with E-state index in [0.717, 1.165) is 11.3 Å². The van der Waals surface area contributed by atoms with E-state index in [-0.39, 0.29) is 12.1 Å². The minimum atomic E-state index is -0.423. The minimum Gasteiger partial charge on any atom is -0.493 e. The Morgan fingerprint density at radius 3 is 3.00 bits per heavy atom. The third kappa shape index (κ3) is 3.45. The SMILES string of the molecule is COC(=O)c1csc(NC(=O)N[C@@H]2CCOc3ccccc32)c1. The number of carbonyl (C=O) groups is 2. The van der Waals surface area contributed by atoms with Crippen molar-refractivity contribution in [1.29, 1.82) is 0 Å². The highest BCUT2D eigenvalue weighted by Gasteiger charge is 2.22. The number of ether oxygens (including phenoxy) is 2. The van der Waals surface area contributed by atoms with E-state index in [9.17, 15) is 9.59 Å². The third-order valence-corrected chi connectivity index (χ3v) is 4.37. The van der Waals surface area contributed by atoms with Crippen LogP contribution in [0.25, 0.3) is 0 Å². The zero-order valence-electron chi connectivity index (χ0n) is 12.5. The number of rotatable bonds is 3. The highest BCUT2D eigenvalue weighted by molar-refractivity contribution is 7.14. The number of fused-ring (bicyclic) bond motifs is 1. The fraction of sp³-hybridized carbons (Fsp3) is 0.250. The summed E-state index contributed by atoms with van der Waals surface area (Å²) < 4.78 is 10.2. The van der Waals surface area contributed by atoms with Crippen LogP contribution in [0.4, 0.5) is 9.80 Å². The number of thiophene rings is 1. The fourth-order valence-corrected chi connectivity index (χ4v) is 3.19. The average molecular weight is 332 g/mol. The molecule has 1 aromatic heterocycles. The molecular formula is C16H16N2O4S. The average Bonchev–Trinajstić information content (AvgIpc) is 3.03. The molecule has 0 saturated heterocycles. The first kappa shape index (κ1) is 15.4. The summed E-state index contributed by atoms with van der Waals surface area (Å²) in [5.74, 6) is 0.376. The maximum absolute atomic E-state index is 12.2. The monoisotopic (exact) mass is 332 g/mol. The molecule has 120 valence electrons. The molecule has 2 heterocycles. The Morgan fingerprint density at radius 2 is 2.17 bits per heavy atom. The van der Waals surface area contributed by atoms with Gasteiger partial charge < -0.3 is 14.8 Å². The second kappa shape index (κ2) is 6.70. The summed E-state index contributed by atoms with van der Waals surface area (Å²) in [6.45, 7) is 0.563. The number of carbonyl (C=O) groups excluding carboxylic acids is 2. The quantitative estimate of drug-likeness (QED) is 0.846. The zero-order chi connectivity index (χ0) is 16.2. The lowest BCUT2D eigenvalue weighted by molar-refractivity contribution is 0.0601. The van der Waals surface area contributed by atoms with E-state index in [1.54, 1.807) is 11.4 Å². The molecule has 7 heteroatoms. The van der Waals surface area contributed by atoms with E-state index >= 15 is 0 Å². The summed E-state index contributed by atoms with van der Waals surface area (Å²) in [5, 5.41) is 7.91. The lowest BCUT2D eigenvalue weighted by Crippen LogP contribution is -2.35. The van der Waals surface area contributed by atoms with Crippen LogP contribution in [0.3, 0.4) is 0 Å². The van der Waals surface area contributed by atoms with Gasteiger partial charge in [-0.2, -0.15) is 0 Å². The highest BCUT2D eigenvalue weighted by atomic mass is 32.1. The molecule has 2 aromatic rings.